The van der Waals surface area contributed by atoms with Gasteiger partial charge in [0.05, 0.1) is 0 Å². The second-order valence-corrected chi connectivity index (χ2v) is 5.03. The van der Waals surface area contributed by atoms with Gasteiger partial charge in [-0.05, 0) is 62.6 Å². The Hall–Kier alpha value is -1.04. The van der Waals surface area contributed by atoms with Crippen molar-refractivity contribution in [3.63, 3.8) is 0 Å². The molecule has 0 bridgehead atoms. The van der Waals surface area contributed by atoms with Crippen LogP contribution in [0.2, 0.25) is 0 Å². The van der Waals surface area contributed by atoms with Crippen LogP contribution in [0.3, 0.4) is 0 Å². The zero-order valence-corrected chi connectivity index (χ0v) is 12.0. The molecule has 0 aliphatic rings. The van der Waals surface area contributed by atoms with E-state index < -0.39 is 0 Å². The van der Waals surface area contributed by atoms with Crippen molar-refractivity contribution in [2.75, 3.05) is 0 Å². The molecular weight excluding hydrogens is 204 g/mol. The second-order valence-electron chi connectivity index (χ2n) is 5.03. The molecule has 0 saturated heterocycles. The van der Waals surface area contributed by atoms with E-state index in [0.29, 0.717) is 5.92 Å². The van der Waals surface area contributed by atoms with E-state index in [0.717, 1.165) is 6.42 Å². The maximum Gasteiger partial charge on any atom is -0.0125 e. The van der Waals surface area contributed by atoms with Crippen LogP contribution in [0.5, 0.6) is 0 Å². The molecule has 0 heterocycles. The van der Waals surface area contributed by atoms with E-state index in [4.69, 9.17) is 0 Å². The van der Waals surface area contributed by atoms with Crippen LogP contribution in [0.4, 0.5) is 0 Å². The fourth-order valence-electron chi connectivity index (χ4n) is 2.75. The first-order valence-electron chi connectivity index (χ1n) is 6.82. The summed E-state index contributed by atoms with van der Waals surface area (Å²) in [6.45, 7) is 11.2. The molecule has 0 nitrogen and oxygen atoms in total. The predicted octanol–water partition coefficient (Wildman–Crippen LogP) is 5.46. The largest absolute Gasteiger partial charge is 0.0888 e. The first-order valence-corrected chi connectivity index (χ1v) is 6.82. The first-order chi connectivity index (χ1) is 8.10. The summed E-state index contributed by atoms with van der Waals surface area (Å²) in [5.41, 5.74) is 5.86. The summed E-state index contributed by atoms with van der Waals surface area (Å²) in [5.74, 6) is 0.679. The van der Waals surface area contributed by atoms with Crippen molar-refractivity contribution in [3.05, 3.63) is 46.5 Å². The van der Waals surface area contributed by atoms with E-state index in [1.54, 1.807) is 5.56 Å². The fourth-order valence-corrected chi connectivity index (χ4v) is 2.75. The van der Waals surface area contributed by atoms with Crippen molar-refractivity contribution < 1.29 is 0 Å². The van der Waals surface area contributed by atoms with Crippen LogP contribution in [0, 0.1) is 20.8 Å². The summed E-state index contributed by atoms with van der Waals surface area (Å²) in [6.07, 6.45) is 8.16. The van der Waals surface area contributed by atoms with Gasteiger partial charge in [-0.2, -0.15) is 0 Å². The zero-order valence-electron chi connectivity index (χ0n) is 12.0. The second kappa shape index (κ2) is 6.64. The highest BCUT2D eigenvalue weighted by atomic mass is 14.2. The van der Waals surface area contributed by atoms with Crippen LogP contribution in [0.25, 0.3) is 0 Å². The average Bonchev–Trinajstić information content (AvgIpc) is 2.25. The molecule has 1 atom stereocenters. The standard InChI is InChI=1S/C17H26/c1-6-8-9-10-16(7-2)17-14(4)11-13(3)12-15(17)5/h8-9,11-12,16H,6-7,10H2,1-5H3/b9-8-. The van der Waals surface area contributed by atoms with Gasteiger partial charge in [0, 0.05) is 0 Å². The summed E-state index contributed by atoms with van der Waals surface area (Å²) in [6, 6.07) is 4.63. The molecule has 1 aromatic rings. The summed E-state index contributed by atoms with van der Waals surface area (Å²) in [4.78, 5) is 0. The number of hydrogen-bond donors (Lipinski definition) is 0. The lowest BCUT2D eigenvalue weighted by molar-refractivity contribution is 0.664. The van der Waals surface area contributed by atoms with Crippen LogP contribution in [-0.2, 0) is 0 Å². The number of benzene rings is 1. The van der Waals surface area contributed by atoms with E-state index in [2.05, 4.69) is 58.9 Å². The summed E-state index contributed by atoms with van der Waals surface area (Å²) in [5, 5.41) is 0. The number of rotatable bonds is 5. The molecule has 94 valence electrons. The quantitative estimate of drug-likeness (QED) is 0.589. The fraction of sp³-hybridized carbons (Fsp3) is 0.529. The van der Waals surface area contributed by atoms with Crippen molar-refractivity contribution in [3.8, 4) is 0 Å². The SMILES string of the molecule is CC/C=C\CC(CC)c1c(C)cc(C)cc1C. The topological polar surface area (TPSA) is 0 Å². The molecule has 17 heavy (non-hydrogen) atoms. The van der Waals surface area contributed by atoms with Gasteiger partial charge in [-0.1, -0.05) is 43.7 Å². The van der Waals surface area contributed by atoms with Crippen molar-refractivity contribution in [1.29, 1.82) is 0 Å². The monoisotopic (exact) mass is 230 g/mol. The van der Waals surface area contributed by atoms with Crippen molar-refractivity contribution in [2.24, 2.45) is 0 Å². The first kappa shape index (κ1) is 14.0. The van der Waals surface area contributed by atoms with Gasteiger partial charge in [-0.15, -0.1) is 0 Å². The molecule has 1 aromatic carbocycles. The van der Waals surface area contributed by atoms with Gasteiger partial charge in [-0.3, -0.25) is 0 Å². The highest BCUT2D eigenvalue weighted by molar-refractivity contribution is 5.40. The normalized spacial score (nSPS) is 13.2. The molecule has 1 rings (SSSR count). The van der Waals surface area contributed by atoms with Gasteiger partial charge < -0.3 is 0 Å². The van der Waals surface area contributed by atoms with Crippen molar-refractivity contribution >= 4 is 0 Å². The average molecular weight is 230 g/mol. The maximum absolute atomic E-state index is 2.34. The van der Waals surface area contributed by atoms with Crippen molar-refractivity contribution in [1.82, 2.24) is 0 Å². The molecule has 0 heteroatoms. The van der Waals surface area contributed by atoms with Gasteiger partial charge >= 0.3 is 0 Å². The smallest absolute Gasteiger partial charge is 0.0125 e. The van der Waals surface area contributed by atoms with Crippen LogP contribution in [0.1, 0.15) is 61.3 Å². The zero-order chi connectivity index (χ0) is 12.8. The van der Waals surface area contributed by atoms with E-state index in [9.17, 15) is 0 Å². The van der Waals surface area contributed by atoms with Gasteiger partial charge in [0.25, 0.3) is 0 Å². The summed E-state index contributed by atoms with van der Waals surface area (Å²) in [7, 11) is 0. The van der Waals surface area contributed by atoms with Crippen LogP contribution in [0.15, 0.2) is 24.3 Å². The Morgan fingerprint density at radius 1 is 1.00 bits per heavy atom. The molecule has 0 aliphatic heterocycles. The van der Waals surface area contributed by atoms with E-state index in [1.165, 1.54) is 29.5 Å². The molecule has 0 spiro atoms. The minimum atomic E-state index is 0.679. The van der Waals surface area contributed by atoms with Crippen molar-refractivity contribution in [2.45, 2.75) is 59.8 Å². The van der Waals surface area contributed by atoms with Crippen LogP contribution < -0.4 is 0 Å². The van der Waals surface area contributed by atoms with Gasteiger partial charge in [0.15, 0.2) is 0 Å². The van der Waals surface area contributed by atoms with Gasteiger partial charge in [-0.25, -0.2) is 0 Å². The Kier molecular flexibility index (Phi) is 5.47. The maximum atomic E-state index is 2.34. The molecule has 0 aromatic heterocycles. The third-order valence-electron chi connectivity index (χ3n) is 3.46. The highest BCUT2D eigenvalue weighted by Gasteiger charge is 2.13. The van der Waals surface area contributed by atoms with E-state index in [1.807, 2.05) is 0 Å². The molecule has 0 radical (unpaired) electrons. The lowest BCUT2D eigenvalue weighted by atomic mass is 9.85. The highest BCUT2D eigenvalue weighted by Crippen LogP contribution is 2.30. The lowest BCUT2D eigenvalue weighted by Crippen LogP contribution is -2.02. The molecule has 1 unspecified atom stereocenters. The lowest BCUT2D eigenvalue weighted by Gasteiger charge is -2.19. The van der Waals surface area contributed by atoms with E-state index >= 15 is 0 Å². The minimum absolute atomic E-state index is 0.679. The predicted molar refractivity (Wildman–Crippen MR) is 77.7 cm³/mol. The molecule has 0 amide bonds. The van der Waals surface area contributed by atoms with E-state index in [-0.39, 0.29) is 0 Å². The Morgan fingerprint density at radius 2 is 1.59 bits per heavy atom. The van der Waals surface area contributed by atoms with Crippen LogP contribution >= 0.6 is 0 Å². The minimum Gasteiger partial charge on any atom is -0.0888 e. The Bertz CT molecular complexity index is 362. The third-order valence-corrected chi connectivity index (χ3v) is 3.46. The van der Waals surface area contributed by atoms with Crippen LogP contribution in [-0.4, -0.2) is 0 Å². The third kappa shape index (κ3) is 3.73. The molecule has 0 fully saturated rings. The number of allylic oxidation sites excluding steroid dienone is 2. The Labute approximate surface area is 107 Å². The molecular formula is C17H26. The Balaban J connectivity index is 2.99. The van der Waals surface area contributed by atoms with Gasteiger partial charge in [0.2, 0.25) is 0 Å². The number of hydrogen-bond acceptors (Lipinski definition) is 0. The van der Waals surface area contributed by atoms with Gasteiger partial charge in [0.1, 0.15) is 0 Å². The molecule has 0 aliphatic carbocycles. The number of aryl methyl sites for hydroxylation is 3. The molecule has 0 saturated carbocycles. The summed E-state index contributed by atoms with van der Waals surface area (Å²) >= 11 is 0. The molecule has 0 N–H and O–H groups in total. The summed E-state index contributed by atoms with van der Waals surface area (Å²) < 4.78 is 0. The Morgan fingerprint density at radius 3 is 2.06 bits per heavy atom.